The number of rotatable bonds is 6. The second-order valence-electron chi connectivity index (χ2n) is 3.79. The molecule has 0 saturated carbocycles. The summed E-state index contributed by atoms with van der Waals surface area (Å²) in [6, 6.07) is 8.27. The third-order valence-electron chi connectivity index (χ3n) is 2.59. The average Bonchev–Trinajstić information content (AvgIpc) is 2.88. The first-order valence-corrected chi connectivity index (χ1v) is 5.69. The van der Waals surface area contributed by atoms with Crippen LogP contribution in [0.1, 0.15) is 11.4 Å². The molecule has 4 heteroatoms. The van der Waals surface area contributed by atoms with Crippen molar-refractivity contribution in [2.45, 2.75) is 13.0 Å². The number of benzene rings is 1. The van der Waals surface area contributed by atoms with Crippen molar-refractivity contribution in [1.82, 2.24) is 9.97 Å². The third kappa shape index (κ3) is 3.32. The fourth-order valence-electron chi connectivity index (χ4n) is 1.70. The van der Waals surface area contributed by atoms with Crippen LogP contribution < -0.4 is 5.32 Å². The monoisotopic (exact) mass is 231 g/mol. The van der Waals surface area contributed by atoms with E-state index in [9.17, 15) is 0 Å². The standard InChI is InChI=1S/C13H17N3O/c1-17-9-6-11-4-2-3-5-12(11)16-10-13-14-7-8-15-13/h2-5,7-8,16H,6,9-10H2,1H3,(H,14,15). The predicted molar refractivity (Wildman–Crippen MR) is 67.9 cm³/mol. The summed E-state index contributed by atoms with van der Waals surface area (Å²) in [4.78, 5) is 7.25. The first-order valence-electron chi connectivity index (χ1n) is 5.69. The van der Waals surface area contributed by atoms with Crippen molar-refractivity contribution in [3.63, 3.8) is 0 Å². The van der Waals surface area contributed by atoms with Gasteiger partial charge in [-0.05, 0) is 18.1 Å². The van der Waals surface area contributed by atoms with Gasteiger partial charge in [0.15, 0.2) is 0 Å². The van der Waals surface area contributed by atoms with E-state index in [2.05, 4.69) is 27.4 Å². The molecule has 90 valence electrons. The van der Waals surface area contributed by atoms with Gasteiger partial charge in [-0.3, -0.25) is 0 Å². The quantitative estimate of drug-likeness (QED) is 0.801. The molecule has 0 atom stereocenters. The Kier molecular flexibility index (Phi) is 4.16. The highest BCUT2D eigenvalue weighted by Crippen LogP contribution is 2.16. The molecule has 2 N–H and O–H groups in total. The number of para-hydroxylation sites is 1. The summed E-state index contributed by atoms with van der Waals surface area (Å²) < 4.78 is 5.10. The molecule has 17 heavy (non-hydrogen) atoms. The van der Waals surface area contributed by atoms with Gasteiger partial charge in [0, 0.05) is 25.2 Å². The Morgan fingerprint density at radius 2 is 2.24 bits per heavy atom. The number of aromatic amines is 1. The fourth-order valence-corrected chi connectivity index (χ4v) is 1.70. The molecule has 4 nitrogen and oxygen atoms in total. The van der Waals surface area contributed by atoms with Gasteiger partial charge in [-0.15, -0.1) is 0 Å². The van der Waals surface area contributed by atoms with Crippen molar-refractivity contribution < 1.29 is 4.74 Å². The van der Waals surface area contributed by atoms with Gasteiger partial charge in [0.25, 0.3) is 0 Å². The number of anilines is 1. The van der Waals surface area contributed by atoms with Crippen LogP contribution in [-0.4, -0.2) is 23.7 Å². The lowest BCUT2D eigenvalue weighted by Gasteiger charge is -2.10. The minimum absolute atomic E-state index is 0.705. The van der Waals surface area contributed by atoms with Crippen molar-refractivity contribution in [1.29, 1.82) is 0 Å². The lowest BCUT2D eigenvalue weighted by atomic mass is 10.1. The van der Waals surface area contributed by atoms with E-state index >= 15 is 0 Å². The summed E-state index contributed by atoms with van der Waals surface area (Å²) in [7, 11) is 1.72. The molecule has 0 saturated heterocycles. The third-order valence-corrected chi connectivity index (χ3v) is 2.59. The van der Waals surface area contributed by atoms with E-state index in [1.165, 1.54) is 5.56 Å². The maximum absolute atomic E-state index is 5.10. The zero-order chi connectivity index (χ0) is 11.9. The van der Waals surface area contributed by atoms with E-state index in [0.29, 0.717) is 6.54 Å². The minimum atomic E-state index is 0.705. The summed E-state index contributed by atoms with van der Waals surface area (Å²) in [5.74, 6) is 0.937. The molecule has 0 radical (unpaired) electrons. The molecule has 0 fully saturated rings. The van der Waals surface area contributed by atoms with Gasteiger partial charge in [0.05, 0.1) is 13.2 Å². The summed E-state index contributed by atoms with van der Waals surface area (Å²) in [6.07, 6.45) is 4.50. The molecular weight excluding hydrogens is 214 g/mol. The maximum atomic E-state index is 5.10. The highest BCUT2D eigenvalue weighted by Gasteiger charge is 2.01. The maximum Gasteiger partial charge on any atom is 0.125 e. The Hall–Kier alpha value is -1.81. The minimum Gasteiger partial charge on any atom is -0.384 e. The molecule has 2 rings (SSSR count). The lowest BCUT2D eigenvalue weighted by molar-refractivity contribution is 0.202. The number of hydrogen-bond acceptors (Lipinski definition) is 3. The average molecular weight is 231 g/mol. The molecule has 0 aliphatic heterocycles. The van der Waals surface area contributed by atoms with E-state index in [4.69, 9.17) is 4.74 Å². The van der Waals surface area contributed by atoms with E-state index < -0.39 is 0 Å². The Morgan fingerprint density at radius 3 is 3.00 bits per heavy atom. The topological polar surface area (TPSA) is 49.9 Å². The molecule has 0 amide bonds. The highest BCUT2D eigenvalue weighted by atomic mass is 16.5. The van der Waals surface area contributed by atoms with Gasteiger partial charge >= 0.3 is 0 Å². The van der Waals surface area contributed by atoms with E-state index in [-0.39, 0.29) is 0 Å². The van der Waals surface area contributed by atoms with Crippen LogP contribution in [0.25, 0.3) is 0 Å². The van der Waals surface area contributed by atoms with Crippen LogP contribution in [-0.2, 0) is 17.7 Å². The number of nitrogens with one attached hydrogen (secondary N) is 2. The first kappa shape index (κ1) is 11.7. The van der Waals surface area contributed by atoms with Crippen LogP contribution >= 0.6 is 0 Å². The van der Waals surface area contributed by atoms with Gasteiger partial charge in [0.2, 0.25) is 0 Å². The summed E-state index contributed by atoms with van der Waals surface area (Å²) in [5, 5.41) is 3.38. The van der Waals surface area contributed by atoms with Crippen LogP contribution in [0.2, 0.25) is 0 Å². The Bertz CT molecular complexity index is 440. The largest absolute Gasteiger partial charge is 0.384 e. The van der Waals surface area contributed by atoms with Crippen LogP contribution in [0, 0.1) is 0 Å². The molecule has 1 aromatic heterocycles. The number of H-pyrrole nitrogens is 1. The zero-order valence-electron chi connectivity index (χ0n) is 9.94. The second-order valence-corrected chi connectivity index (χ2v) is 3.79. The SMILES string of the molecule is COCCc1ccccc1NCc1ncc[nH]1. The van der Waals surface area contributed by atoms with Crippen LogP contribution in [0.4, 0.5) is 5.69 Å². The molecular formula is C13H17N3O. The van der Waals surface area contributed by atoms with E-state index in [1.54, 1.807) is 13.3 Å². The van der Waals surface area contributed by atoms with Crippen LogP contribution in [0.5, 0.6) is 0 Å². The van der Waals surface area contributed by atoms with Crippen molar-refractivity contribution in [3.8, 4) is 0 Å². The van der Waals surface area contributed by atoms with Gasteiger partial charge < -0.3 is 15.0 Å². The van der Waals surface area contributed by atoms with Crippen molar-refractivity contribution in [3.05, 3.63) is 48.0 Å². The number of nitrogens with zero attached hydrogens (tertiary/aromatic N) is 1. The molecule has 0 aliphatic rings. The zero-order valence-corrected chi connectivity index (χ0v) is 9.94. The Labute approximate surface area is 101 Å². The fraction of sp³-hybridized carbons (Fsp3) is 0.308. The number of ether oxygens (including phenoxy) is 1. The summed E-state index contributed by atoms with van der Waals surface area (Å²) in [5.41, 5.74) is 2.40. The smallest absolute Gasteiger partial charge is 0.125 e. The van der Waals surface area contributed by atoms with Crippen LogP contribution in [0.3, 0.4) is 0 Å². The van der Waals surface area contributed by atoms with Gasteiger partial charge in [0.1, 0.15) is 5.82 Å². The molecule has 0 spiro atoms. The molecule has 1 heterocycles. The summed E-state index contributed by atoms with van der Waals surface area (Å²) >= 11 is 0. The highest BCUT2D eigenvalue weighted by molar-refractivity contribution is 5.51. The predicted octanol–water partition coefficient (Wildman–Crippen LogP) is 2.21. The van der Waals surface area contributed by atoms with Crippen molar-refractivity contribution in [2.24, 2.45) is 0 Å². The Balaban J connectivity index is 1.99. The molecule has 0 aliphatic carbocycles. The van der Waals surface area contributed by atoms with E-state index in [1.807, 2.05) is 18.3 Å². The van der Waals surface area contributed by atoms with Crippen LogP contribution in [0.15, 0.2) is 36.7 Å². The first-order chi connectivity index (χ1) is 8.40. The summed E-state index contributed by atoms with van der Waals surface area (Å²) in [6.45, 7) is 1.44. The van der Waals surface area contributed by atoms with Gasteiger partial charge in [-0.1, -0.05) is 18.2 Å². The molecule has 2 aromatic rings. The normalized spacial score (nSPS) is 10.4. The Morgan fingerprint density at radius 1 is 1.35 bits per heavy atom. The number of methoxy groups -OCH3 is 1. The number of aromatic nitrogens is 2. The van der Waals surface area contributed by atoms with Gasteiger partial charge in [-0.25, -0.2) is 4.98 Å². The van der Waals surface area contributed by atoms with Crippen molar-refractivity contribution >= 4 is 5.69 Å². The molecule has 0 unspecified atom stereocenters. The number of hydrogen-bond donors (Lipinski definition) is 2. The number of imidazole rings is 1. The molecule has 1 aromatic carbocycles. The van der Waals surface area contributed by atoms with Crippen molar-refractivity contribution in [2.75, 3.05) is 19.0 Å². The van der Waals surface area contributed by atoms with E-state index in [0.717, 1.165) is 24.5 Å². The second kappa shape index (κ2) is 6.06. The van der Waals surface area contributed by atoms with Gasteiger partial charge in [-0.2, -0.15) is 0 Å². The molecule has 0 bridgehead atoms. The lowest BCUT2D eigenvalue weighted by Crippen LogP contribution is -2.05.